The molecule has 134 valence electrons. The van der Waals surface area contributed by atoms with Gasteiger partial charge in [-0.05, 0) is 42.7 Å². The van der Waals surface area contributed by atoms with Crippen LogP contribution in [0.5, 0.6) is 5.75 Å². The van der Waals surface area contributed by atoms with E-state index in [4.69, 9.17) is 21.3 Å². The number of halogens is 1. The lowest BCUT2D eigenvalue weighted by Gasteiger charge is -2.09. The predicted octanol–water partition coefficient (Wildman–Crippen LogP) is 6.57. The van der Waals surface area contributed by atoms with E-state index >= 15 is 0 Å². The standard InChI is InChI=1S/C24H20ClNO/c25-22-17-24(19-11-5-2-6-12-19)26-23-14-13-20(16-21(22)23)27-15-7-10-18-8-3-1-4-9-18/h1-6,8-9,11-14,16-17H,7,10,15H2. The second-order valence-corrected chi connectivity index (χ2v) is 6.88. The number of fused-ring (bicyclic) bond motifs is 1. The molecule has 0 bridgehead atoms. The fourth-order valence-corrected chi connectivity index (χ4v) is 3.38. The lowest BCUT2D eigenvalue weighted by Crippen LogP contribution is -1.99. The van der Waals surface area contributed by atoms with Gasteiger partial charge < -0.3 is 4.74 Å². The van der Waals surface area contributed by atoms with Gasteiger partial charge in [0.2, 0.25) is 0 Å². The lowest BCUT2D eigenvalue weighted by molar-refractivity contribution is 0.311. The zero-order chi connectivity index (χ0) is 18.5. The number of ether oxygens (including phenoxy) is 1. The molecule has 0 fully saturated rings. The first-order valence-corrected chi connectivity index (χ1v) is 9.50. The number of rotatable bonds is 6. The van der Waals surface area contributed by atoms with E-state index in [0.717, 1.165) is 40.8 Å². The van der Waals surface area contributed by atoms with Crippen LogP contribution in [0.4, 0.5) is 0 Å². The number of hydrogen-bond acceptors (Lipinski definition) is 2. The molecule has 0 saturated carbocycles. The van der Waals surface area contributed by atoms with Crippen LogP contribution in [0.2, 0.25) is 5.02 Å². The number of aromatic nitrogens is 1. The smallest absolute Gasteiger partial charge is 0.120 e. The maximum atomic E-state index is 6.53. The highest BCUT2D eigenvalue weighted by Gasteiger charge is 2.07. The van der Waals surface area contributed by atoms with Gasteiger partial charge in [0, 0.05) is 10.9 Å². The van der Waals surface area contributed by atoms with E-state index in [1.165, 1.54) is 5.56 Å². The van der Waals surface area contributed by atoms with Gasteiger partial charge in [-0.15, -0.1) is 0 Å². The SMILES string of the molecule is Clc1cc(-c2ccccc2)nc2ccc(OCCCc3ccccc3)cc12. The molecular formula is C24H20ClNO. The monoisotopic (exact) mass is 373 g/mol. The van der Waals surface area contributed by atoms with Gasteiger partial charge in [-0.2, -0.15) is 0 Å². The van der Waals surface area contributed by atoms with Gasteiger partial charge in [0.1, 0.15) is 5.75 Å². The van der Waals surface area contributed by atoms with E-state index in [-0.39, 0.29) is 0 Å². The Bertz CT molecular complexity index is 1030. The van der Waals surface area contributed by atoms with Crippen molar-refractivity contribution in [3.05, 3.63) is 95.5 Å². The van der Waals surface area contributed by atoms with Crippen molar-refractivity contribution in [1.29, 1.82) is 0 Å². The molecule has 4 rings (SSSR count). The van der Waals surface area contributed by atoms with Crippen molar-refractivity contribution in [3.63, 3.8) is 0 Å². The van der Waals surface area contributed by atoms with Crippen LogP contribution in [-0.2, 0) is 6.42 Å². The van der Waals surface area contributed by atoms with Crippen molar-refractivity contribution < 1.29 is 4.74 Å². The minimum Gasteiger partial charge on any atom is -0.494 e. The molecule has 0 radical (unpaired) electrons. The molecule has 0 spiro atoms. The third-order valence-electron chi connectivity index (χ3n) is 4.52. The first-order chi connectivity index (χ1) is 13.3. The molecule has 0 saturated heterocycles. The molecular weight excluding hydrogens is 354 g/mol. The van der Waals surface area contributed by atoms with Crippen LogP contribution in [0.15, 0.2) is 84.9 Å². The molecule has 1 aromatic heterocycles. The number of benzene rings is 3. The van der Waals surface area contributed by atoms with Crippen molar-refractivity contribution >= 4 is 22.5 Å². The van der Waals surface area contributed by atoms with Crippen molar-refractivity contribution in [3.8, 4) is 17.0 Å². The molecule has 0 aliphatic carbocycles. The normalized spacial score (nSPS) is 10.9. The summed E-state index contributed by atoms with van der Waals surface area (Å²) in [4.78, 5) is 4.74. The summed E-state index contributed by atoms with van der Waals surface area (Å²) in [7, 11) is 0. The van der Waals surface area contributed by atoms with Crippen molar-refractivity contribution in [1.82, 2.24) is 4.98 Å². The van der Waals surface area contributed by atoms with Crippen molar-refractivity contribution in [2.24, 2.45) is 0 Å². The average Bonchev–Trinajstić information content (AvgIpc) is 2.73. The van der Waals surface area contributed by atoms with Crippen LogP contribution in [0.1, 0.15) is 12.0 Å². The van der Waals surface area contributed by atoms with Crippen LogP contribution in [0.25, 0.3) is 22.2 Å². The van der Waals surface area contributed by atoms with E-state index in [9.17, 15) is 0 Å². The summed E-state index contributed by atoms with van der Waals surface area (Å²) in [5.41, 5.74) is 4.14. The largest absolute Gasteiger partial charge is 0.494 e. The molecule has 0 aliphatic rings. The first-order valence-electron chi connectivity index (χ1n) is 9.12. The van der Waals surface area contributed by atoms with Gasteiger partial charge in [-0.1, -0.05) is 72.3 Å². The molecule has 0 amide bonds. The Morgan fingerprint density at radius 3 is 2.33 bits per heavy atom. The summed E-state index contributed by atoms with van der Waals surface area (Å²) in [5, 5.41) is 1.60. The second kappa shape index (κ2) is 8.24. The quantitative estimate of drug-likeness (QED) is 0.357. The molecule has 0 atom stereocenters. The van der Waals surface area contributed by atoms with Gasteiger partial charge in [-0.3, -0.25) is 0 Å². The third-order valence-corrected chi connectivity index (χ3v) is 4.83. The molecule has 0 aliphatic heterocycles. The molecule has 0 N–H and O–H groups in total. The summed E-state index contributed by atoms with van der Waals surface area (Å²) < 4.78 is 5.92. The Hall–Kier alpha value is -2.84. The maximum Gasteiger partial charge on any atom is 0.120 e. The first kappa shape index (κ1) is 17.6. The number of hydrogen-bond donors (Lipinski definition) is 0. The van der Waals surface area contributed by atoms with Gasteiger partial charge in [-0.25, -0.2) is 4.98 Å². The number of pyridine rings is 1. The van der Waals surface area contributed by atoms with Crippen LogP contribution >= 0.6 is 11.6 Å². The molecule has 3 aromatic carbocycles. The van der Waals surface area contributed by atoms with Crippen LogP contribution in [-0.4, -0.2) is 11.6 Å². The van der Waals surface area contributed by atoms with E-state index in [2.05, 4.69) is 24.3 Å². The molecule has 3 heteroatoms. The van der Waals surface area contributed by atoms with Crippen LogP contribution in [0, 0.1) is 0 Å². The highest BCUT2D eigenvalue weighted by molar-refractivity contribution is 6.35. The Morgan fingerprint density at radius 1 is 0.815 bits per heavy atom. The molecule has 27 heavy (non-hydrogen) atoms. The van der Waals surface area contributed by atoms with E-state index < -0.39 is 0 Å². The summed E-state index contributed by atoms with van der Waals surface area (Å²) in [6.45, 7) is 0.674. The molecule has 4 aromatic rings. The van der Waals surface area contributed by atoms with Crippen molar-refractivity contribution in [2.75, 3.05) is 6.61 Å². The highest BCUT2D eigenvalue weighted by Crippen LogP contribution is 2.30. The molecule has 2 nitrogen and oxygen atoms in total. The summed E-state index contributed by atoms with van der Waals surface area (Å²) in [6.07, 6.45) is 1.98. The minimum atomic E-state index is 0.674. The Labute approximate surface area is 164 Å². The van der Waals surface area contributed by atoms with Gasteiger partial charge in [0.25, 0.3) is 0 Å². The van der Waals surface area contributed by atoms with Crippen molar-refractivity contribution in [2.45, 2.75) is 12.8 Å². The molecule has 0 unspecified atom stereocenters. The van der Waals surface area contributed by atoms with E-state index in [0.29, 0.717) is 11.6 Å². The lowest BCUT2D eigenvalue weighted by atomic mass is 10.1. The second-order valence-electron chi connectivity index (χ2n) is 6.47. The third kappa shape index (κ3) is 4.29. The van der Waals surface area contributed by atoms with Gasteiger partial charge in [0.15, 0.2) is 0 Å². The summed E-state index contributed by atoms with van der Waals surface area (Å²) in [5.74, 6) is 0.826. The maximum absolute atomic E-state index is 6.53. The fourth-order valence-electron chi connectivity index (χ4n) is 3.12. The topological polar surface area (TPSA) is 22.1 Å². The number of aryl methyl sites for hydroxylation is 1. The number of nitrogens with zero attached hydrogens (tertiary/aromatic N) is 1. The Kier molecular flexibility index (Phi) is 5.36. The van der Waals surface area contributed by atoms with Crippen LogP contribution < -0.4 is 4.74 Å². The zero-order valence-electron chi connectivity index (χ0n) is 14.9. The minimum absolute atomic E-state index is 0.674. The van der Waals surface area contributed by atoms with E-state index in [1.807, 2.05) is 60.7 Å². The summed E-state index contributed by atoms with van der Waals surface area (Å²) >= 11 is 6.53. The fraction of sp³-hybridized carbons (Fsp3) is 0.125. The summed E-state index contributed by atoms with van der Waals surface area (Å²) in [6, 6.07) is 28.4. The van der Waals surface area contributed by atoms with Crippen LogP contribution in [0.3, 0.4) is 0 Å². The van der Waals surface area contributed by atoms with Gasteiger partial charge in [0.05, 0.1) is 22.8 Å². The Morgan fingerprint density at radius 2 is 1.56 bits per heavy atom. The van der Waals surface area contributed by atoms with E-state index in [1.54, 1.807) is 0 Å². The van der Waals surface area contributed by atoms with Gasteiger partial charge >= 0.3 is 0 Å². The highest BCUT2D eigenvalue weighted by atomic mass is 35.5. The average molecular weight is 374 g/mol. The predicted molar refractivity (Wildman–Crippen MR) is 112 cm³/mol. The Balaban J connectivity index is 1.47. The molecule has 1 heterocycles. The zero-order valence-corrected chi connectivity index (χ0v) is 15.7.